The molecule has 0 saturated carbocycles. The molecule has 0 amide bonds. The largest absolute Gasteiger partial charge is 0.419 e. The van der Waals surface area contributed by atoms with Gasteiger partial charge >= 0.3 is 0 Å². The summed E-state index contributed by atoms with van der Waals surface area (Å²) < 4.78 is 30.4. The fourth-order valence-corrected chi connectivity index (χ4v) is 1.98. The van der Waals surface area contributed by atoms with E-state index in [2.05, 4.69) is 10.2 Å². The predicted molar refractivity (Wildman–Crippen MR) is 72.8 cm³/mol. The van der Waals surface area contributed by atoms with E-state index < -0.39 is 13.0 Å². The Hall–Kier alpha value is -1.86. The van der Waals surface area contributed by atoms with Crippen molar-refractivity contribution in [3.05, 3.63) is 35.7 Å². The number of rotatable bonds is 7. The summed E-state index contributed by atoms with van der Waals surface area (Å²) in [5.74, 6) is 0.607. The van der Waals surface area contributed by atoms with Crippen LogP contribution in [-0.2, 0) is 6.54 Å². The zero-order valence-corrected chi connectivity index (χ0v) is 11.7. The zero-order chi connectivity index (χ0) is 15.2. The monoisotopic (exact) mass is 297 g/mol. The van der Waals surface area contributed by atoms with Crippen LogP contribution in [0.3, 0.4) is 0 Å². The Kier molecular flexibility index (Phi) is 5.35. The Morgan fingerprint density at radius 2 is 2.14 bits per heavy atom. The number of nitrogens with zero attached hydrogens (tertiary/aromatic N) is 3. The summed E-state index contributed by atoms with van der Waals surface area (Å²) in [6.07, 6.45) is -2.48. The minimum Gasteiger partial charge on any atom is -0.419 e. The standard InChI is InChI=1S/C14H17F2N3O2/c1-10-3-2-4-11(7-10)14-18-17-13(21-14)9-19(5-6-20)8-12(15)16/h2-4,7,12,20H,5-6,8-9H2,1H3. The highest BCUT2D eigenvalue weighted by atomic mass is 19.3. The second-order valence-corrected chi connectivity index (χ2v) is 4.72. The van der Waals surface area contributed by atoms with Crippen LogP contribution in [0.4, 0.5) is 8.78 Å². The van der Waals surface area contributed by atoms with Crippen LogP contribution in [0.25, 0.3) is 11.5 Å². The fraction of sp³-hybridized carbons (Fsp3) is 0.429. The minimum absolute atomic E-state index is 0.0870. The van der Waals surface area contributed by atoms with Gasteiger partial charge < -0.3 is 9.52 Å². The molecule has 1 aromatic heterocycles. The second kappa shape index (κ2) is 7.24. The molecule has 0 aliphatic carbocycles. The number of benzene rings is 1. The minimum atomic E-state index is -2.48. The number of hydrogen-bond donors (Lipinski definition) is 1. The summed E-state index contributed by atoms with van der Waals surface area (Å²) in [6, 6.07) is 7.58. The first kappa shape index (κ1) is 15.5. The lowest BCUT2D eigenvalue weighted by atomic mass is 10.1. The maximum absolute atomic E-state index is 12.4. The molecule has 0 unspecified atom stereocenters. The highest BCUT2D eigenvalue weighted by Crippen LogP contribution is 2.19. The fourth-order valence-electron chi connectivity index (χ4n) is 1.98. The van der Waals surface area contributed by atoms with Gasteiger partial charge in [-0.05, 0) is 19.1 Å². The van der Waals surface area contributed by atoms with Crippen molar-refractivity contribution in [1.29, 1.82) is 0 Å². The third-order valence-corrected chi connectivity index (χ3v) is 2.90. The molecule has 2 rings (SSSR count). The van der Waals surface area contributed by atoms with Gasteiger partial charge in [0.25, 0.3) is 6.43 Å². The lowest BCUT2D eigenvalue weighted by Gasteiger charge is -2.18. The van der Waals surface area contributed by atoms with Gasteiger partial charge in [0.05, 0.1) is 19.7 Å². The smallest absolute Gasteiger partial charge is 0.251 e. The van der Waals surface area contributed by atoms with Crippen LogP contribution in [0.2, 0.25) is 0 Å². The third kappa shape index (κ3) is 4.57. The predicted octanol–water partition coefficient (Wildman–Crippen LogP) is 2.10. The normalized spacial score (nSPS) is 11.5. The Morgan fingerprint density at radius 1 is 1.33 bits per heavy atom. The Morgan fingerprint density at radius 3 is 2.81 bits per heavy atom. The molecule has 1 N–H and O–H groups in total. The summed E-state index contributed by atoms with van der Waals surface area (Å²) in [5.41, 5.74) is 1.85. The van der Waals surface area contributed by atoms with Crippen molar-refractivity contribution in [1.82, 2.24) is 15.1 Å². The van der Waals surface area contributed by atoms with Gasteiger partial charge in [0, 0.05) is 12.1 Å². The van der Waals surface area contributed by atoms with E-state index in [0.717, 1.165) is 11.1 Å². The lowest BCUT2D eigenvalue weighted by Crippen LogP contribution is -2.31. The van der Waals surface area contributed by atoms with Gasteiger partial charge in [-0.1, -0.05) is 17.7 Å². The quantitative estimate of drug-likeness (QED) is 0.848. The Balaban J connectivity index is 2.08. The summed E-state index contributed by atoms with van der Waals surface area (Å²) in [7, 11) is 0. The van der Waals surface area contributed by atoms with Crippen molar-refractivity contribution in [3.63, 3.8) is 0 Å². The van der Waals surface area contributed by atoms with Gasteiger partial charge in [-0.3, -0.25) is 4.90 Å². The Bertz CT molecular complexity index is 575. The molecule has 1 heterocycles. The van der Waals surface area contributed by atoms with Gasteiger partial charge in [-0.15, -0.1) is 10.2 Å². The van der Waals surface area contributed by atoms with E-state index in [0.29, 0.717) is 5.89 Å². The van der Waals surface area contributed by atoms with Crippen molar-refractivity contribution in [2.45, 2.75) is 19.9 Å². The number of aliphatic hydroxyl groups excluding tert-OH is 1. The number of aliphatic hydroxyl groups is 1. The van der Waals surface area contributed by atoms with Crippen LogP contribution in [0.15, 0.2) is 28.7 Å². The maximum Gasteiger partial charge on any atom is 0.251 e. The van der Waals surface area contributed by atoms with Gasteiger partial charge in [0.15, 0.2) is 0 Å². The summed E-state index contributed by atoms with van der Waals surface area (Å²) in [4.78, 5) is 1.37. The molecule has 0 radical (unpaired) electrons. The number of alkyl halides is 2. The maximum atomic E-state index is 12.4. The average Bonchev–Trinajstić information content (AvgIpc) is 2.87. The SMILES string of the molecule is Cc1cccc(-c2nnc(CN(CCO)CC(F)F)o2)c1. The van der Waals surface area contributed by atoms with Crippen molar-refractivity contribution >= 4 is 0 Å². The Labute approximate surface area is 121 Å². The van der Waals surface area contributed by atoms with Crippen LogP contribution in [0, 0.1) is 6.92 Å². The number of aromatic nitrogens is 2. The molecule has 0 bridgehead atoms. The number of halogens is 2. The molecule has 7 heteroatoms. The molecule has 5 nitrogen and oxygen atoms in total. The molecule has 0 saturated heterocycles. The zero-order valence-electron chi connectivity index (χ0n) is 11.7. The molecule has 0 aliphatic rings. The van der Waals surface area contributed by atoms with Crippen molar-refractivity contribution < 1.29 is 18.3 Å². The number of aryl methyl sites for hydroxylation is 1. The molecular weight excluding hydrogens is 280 g/mol. The summed E-state index contributed by atoms with van der Waals surface area (Å²) >= 11 is 0. The third-order valence-electron chi connectivity index (χ3n) is 2.90. The van der Waals surface area contributed by atoms with E-state index >= 15 is 0 Å². The highest BCUT2D eigenvalue weighted by molar-refractivity contribution is 5.53. The first-order valence-electron chi connectivity index (χ1n) is 6.59. The molecule has 2 aromatic rings. The lowest BCUT2D eigenvalue weighted by molar-refractivity contribution is 0.0704. The van der Waals surface area contributed by atoms with Gasteiger partial charge in [-0.2, -0.15) is 0 Å². The average molecular weight is 297 g/mol. The molecule has 21 heavy (non-hydrogen) atoms. The molecular formula is C14H17F2N3O2. The number of hydrogen-bond acceptors (Lipinski definition) is 5. The van der Waals surface area contributed by atoms with E-state index in [1.165, 1.54) is 4.90 Å². The van der Waals surface area contributed by atoms with Crippen LogP contribution < -0.4 is 0 Å². The van der Waals surface area contributed by atoms with Crippen LogP contribution in [0.1, 0.15) is 11.5 Å². The second-order valence-electron chi connectivity index (χ2n) is 4.72. The molecule has 0 spiro atoms. The highest BCUT2D eigenvalue weighted by Gasteiger charge is 2.16. The van der Waals surface area contributed by atoms with E-state index in [9.17, 15) is 8.78 Å². The molecule has 0 atom stereocenters. The van der Waals surface area contributed by atoms with Gasteiger partial charge in [-0.25, -0.2) is 8.78 Å². The molecule has 1 aromatic carbocycles. The van der Waals surface area contributed by atoms with E-state index in [1.54, 1.807) is 0 Å². The van der Waals surface area contributed by atoms with Crippen molar-refractivity contribution in [2.24, 2.45) is 0 Å². The van der Waals surface area contributed by atoms with Gasteiger partial charge in [0.1, 0.15) is 0 Å². The van der Waals surface area contributed by atoms with Crippen LogP contribution >= 0.6 is 0 Å². The van der Waals surface area contributed by atoms with E-state index in [-0.39, 0.29) is 25.6 Å². The summed E-state index contributed by atoms with van der Waals surface area (Å²) in [6.45, 7) is 1.52. The first-order chi connectivity index (χ1) is 10.1. The first-order valence-corrected chi connectivity index (χ1v) is 6.59. The van der Waals surface area contributed by atoms with Crippen molar-refractivity contribution in [2.75, 3.05) is 19.7 Å². The van der Waals surface area contributed by atoms with Crippen LogP contribution in [-0.4, -0.2) is 46.3 Å². The van der Waals surface area contributed by atoms with Crippen molar-refractivity contribution in [3.8, 4) is 11.5 Å². The summed E-state index contributed by atoms with van der Waals surface area (Å²) in [5, 5.41) is 16.7. The molecule has 0 aliphatic heterocycles. The van der Waals surface area contributed by atoms with Crippen LogP contribution in [0.5, 0.6) is 0 Å². The molecule has 0 fully saturated rings. The molecule has 114 valence electrons. The topological polar surface area (TPSA) is 62.4 Å². The van der Waals surface area contributed by atoms with Gasteiger partial charge in [0.2, 0.25) is 11.8 Å². The van der Waals surface area contributed by atoms with E-state index in [4.69, 9.17) is 9.52 Å². The van der Waals surface area contributed by atoms with E-state index in [1.807, 2.05) is 31.2 Å².